The number of hydrogen-bond donors (Lipinski definition) is 1. The Morgan fingerprint density at radius 1 is 1.15 bits per heavy atom. The molecule has 8 heteroatoms. The van der Waals surface area contributed by atoms with Crippen molar-refractivity contribution in [2.45, 2.75) is 19.8 Å². The summed E-state index contributed by atoms with van der Waals surface area (Å²) in [6, 6.07) is 11.6. The van der Waals surface area contributed by atoms with Gasteiger partial charge in [0.2, 0.25) is 10.0 Å². The lowest BCUT2D eigenvalue weighted by Gasteiger charge is -2.29. The van der Waals surface area contributed by atoms with E-state index >= 15 is 0 Å². The van der Waals surface area contributed by atoms with E-state index in [1.807, 2.05) is 0 Å². The van der Waals surface area contributed by atoms with Crippen molar-refractivity contribution in [3.05, 3.63) is 53.6 Å². The first kappa shape index (κ1) is 18.9. The summed E-state index contributed by atoms with van der Waals surface area (Å²) < 4.78 is 30.3. The lowest BCUT2D eigenvalue weighted by molar-refractivity contribution is -0.131. The predicted molar refractivity (Wildman–Crippen MR) is 103 cm³/mol. The van der Waals surface area contributed by atoms with Gasteiger partial charge in [0.15, 0.2) is 0 Å². The number of esters is 1. The zero-order chi connectivity index (χ0) is 19.6. The van der Waals surface area contributed by atoms with E-state index in [1.54, 1.807) is 42.5 Å². The topological polar surface area (TPSA) is 92.8 Å². The monoisotopic (exact) mass is 388 g/mol. The van der Waals surface area contributed by atoms with Crippen LogP contribution in [0.3, 0.4) is 0 Å². The highest BCUT2D eigenvalue weighted by Crippen LogP contribution is 2.31. The largest absolute Gasteiger partial charge is 0.426 e. The molecule has 0 radical (unpaired) electrons. The van der Waals surface area contributed by atoms with Crippen molar-refractivity contribution in [3.8, 4) is 5.75 Å². The molecule has 0 atom stereocenters. The first-order valence-corrected chi connectivity index (χ1v) is 10.3. The number of carbonyl (C=O) groups is 2. The highest BCUT2D eigenvalue weighted by Gasteiger charge is 2.24. The molecule has 1 amide bonds. The van der Waals surface area contributed by atoms with Gasteiger partial charge in [0.1, 0.15) is 5.75 Å². The number of sulfonamides is 1. The molecule has 0 unspecified atom stereocenters. The lowest BCUT2D eigenvalue weighted by atomic mass is 10.0. The summed E-state index contributed by atoms with van der Waals surface area (Å²) in [7, 11) is -3.34. The van der Waals surface area contributed by atoms with E-state index in [1.165, 1.54) is 17.5 Å². The molecule has 27 heavy (non-hydrogen) atoms. The number of benzene rings is 2. The van der Waals surface area contributed by atoms with Crippen LogP contribution in [-0.4, -0.2) is 33.1 Å². The van der Waals surface area contributed by atoms with Gasteiger partial charge in [0.05, 0.1) is 17.5 Å². The van der Waals surface area contributed by atoms with E-state index in [9.17, 15) is 18.0 Å². The molecule has 0 fully saturated rings. The van der Waals surface area contributed by atoms with Crippen LogP contribution in [0.1, 0.15) is 29.3 Å². The average Bonchev–Trinajstić information content (AvgIpc) is 2.60. The van der Waals surface area contributed by atoms with Crippen molar-refractivity contribution in [1.29, 1.82) is 0 Å². The number of amides is 1. The minimum Gasteiger partial charge on any atom is -0.426 e. The maximum absolute atomic E-state index is 12.6. The van der Waals surface area contributed by atoms with Gasteiger partial charge in [-0.05, 0) is 48.7 Å². The molecule has 7 nitrogen and oxygen atoms in total. The van der Waals surface area contributed by atoms with E-state index in [0.717, 1.165) is 12.0 Å². The third kappa shape index (κ3) is 4.28. The van der Waals surface area contributed by atoms with Crippen LogP contribution < -0.4 is 14.4 Å². The third-order valence-electron chi connectivity index (χ3n) is 4.20. The molecule has 3 rings (SSSR count). The minimum absolute atomic E-state index is 0.184. The van der Waals surface area contributed by atoms with E-state index in [-0.39, 0.29) is 11.3 Å². The van der Waals surface area contributed by atoms with E-state index in [0.29, 0.717) is 24.3 Å². The Morgan fingerprint density at radius 2 is 1.89 bits per heavy atom. The molecule has 142 valence electrons. The number of fused-ring (bicyclic) bond motifs is 1. The van der Waals surface area contributed by atoms with Crippen LogP contribution in [0.25, 0.3) is 0 Å². The second-order valence-corrected chi connectivity index (χ2v) is 8.23. The summed E-state index contributed by atoms with van der Waals surface area (Å²) in [5.74, 6) is -0.740. The number of nitrogens with one attached hydrogen (secondary N) is 1. The van der Waals surface area contributed by atoms with E-state index in [4.69, 9.17) is 4.74 Å². The maximum Gasteiger partial charge on any atom is 0.308 e. The standard InChI is InChI=1S/C19H20N2O5S/c1-13(22)26-18-8-4-3-7-16(18)19(23)20-15-9-10-17-14(12-15)6-5-11-21(17)27(2,24)25/h3-4,7-10,12H,5-6,11H2,1-2H3,(H,20,23). The van der Waals surface area contributed by atoms with Crippen LogP contribution in [0.15, 0.2) is 42.5 Å². The van der Waals surface area contributed by atoms with E-state index in [2.05, 4.69) is 5.32 Å². The van der Waals surface area contributed by atoms with Gasteiger partial charge >= 0.3 is 5.97 Å². The summed E-state index contributed by atoms with van der Waals surface area (Å²) in [5, 5.41) is 2.78. The molecule has 2 aromatic rings. The normalized spacial score (nSPS) is 13.6. The zero-order valence-electron chi connectivity index (χ0n) is 15.1. The highest BCUT2D eigenvalue weighted by atomic mass is 32.2. The minimum atomic E-state index is -3.34. The quantitative estimate of drug-likeness (QED) is 0.642. The Morgan fingerprint density at radius 3 is 2.59 bits per heavy atom. The van der Waals surface area contributed by atoms with Gasteiger partial charge in [-0.25, -0.2) is 8.42 Å². The number of hydrogen-bond acceptors (Lipinski definition) is 5. The lowest BCUT2D eigenvalue weighted by Crippen LogP contribution is -2.34. The molecule has 0 saturated heterocycles. The number of rotatable bonds is 4. The smallest absolute Gasteiger partial charge is 0.308 e. The molecule has 1 N–H and O–H groups in total. The fourth-order valence-corrected chi connectivity index (χ4v) is 4.08. The molecule has 0 aromatic heterocycles. The summed E-state index contributed by atoms with van der Waals surface area (Å²) >= 11 is 0. The van der Waals surface area contributed by atoms with Crippen molar-refractivity contribution >= 4 is 33.3 Å². The molecule has 2 aromatic carbocycles. The van der Waals surface area contributed by atoms with E-state index < -0.39 is 21.9 Å². The van der Waals surface area contributed by atoms with Crippen molar-refractivity contribution in [2.75, 3.05) is 22.4 Å². The molecule has 0 spiro atoms. The Kier molecular flexibility index (Phi) is 5.18. The summed E-state index contributed by atoms with van der Waals surface area (Å²) in [4.78, 5) is 23.8. The zero-order valence-corrected chi connectivity index (χ0v) is 15.9. The first-order chi connectivity index (χ1) is 12.8. The van der Waals surface area contributed by atoms with Crippen molar-refractivity contribution < 1.29 is 22.7 Å². The Bertz CT molecular complexity index is 1000. The molecule has 0 bridgehead atoms. The van der Waals surface area contributed by atoms with Gasteiger partial charge in [0, 0.05) is 19.2 Å². The number of aryl methyl sites for hydroxylation is 1. The van der Waals surface area contributed by atoms with Gasteiger partial charge in [0.25, 0.3) is 5.91 Å². The van der Waals surface area contributed by atoms with Gasteiger partial charge < -0.3 is 10.1 Å². The molecular weight excluding hydrogens is 368 g/mol. The van der Waals surface area contributed by atoms with Crippen molar-refractivity contribution in [2.24, 2.45) is 0 Å². The molecule has 0 saturated carbocycles. The Hall–Kier alpha value is -2.87. The van der Waals surface area contributed by atoms with Gasteiger partial charge in [-0.2, -0.15) is 0 Å². The number of anilines is 2. The second kappa shape index (κ2) is 7.40. The Balaban J connectivity index is 1.85. The van der Waals surface area contributed by atoms with Crippen molar-refractivity contribution in [3.63, 3.8) is 0 Å². The fraction of sp³-hybridized carbons (Fsp3) is 0.263. The number of carbonyl (C=O) groups excluding carboxylic acids is 2. The van der Waals surface area contributed by atoms with Crippen LogP contribution in [-0.2, 0) is 21.2 Å². The van der Waals surface area contributed by atoms with Gasteiger partial charge in [-0.1, -0.05) is 12.1 Å². The van der Waals surface area contributed by atoms with Crippen LogP contribution in [0, 0.1) is 0 Å². The number of para-hydroxylation sites is 1. The molecule has 1 aliphatic heterocycles. The fourth-order valence-electron chi connectivity index (χ4n) is 3.08. The Labute approximate surface area is 158 Å². The number of ether oxygens (including phenoxy) is 1. The summed E-state index contributed by atoms with van der Waals surface area (Å²) in [6.07, 6.45) is 2.63. The average molecular weight is 388 g/mol. The van der Waals surface area contributed by atoms with Gasteiger partial charge in [-0.15, -0.1) is 0 Å². The van der Waals surface area contributed by atoms with Crippen LogP contribution in [0.2, 0.25) is 0 Å². The highest BCUT2D eigenvalue weighted by molar-refractivity contribution is 7.92. The van der Waals surface area contributed by atoms with Crippen LogP contribution in [0.5, 0.6) is 5.75 Å². The number of nitrogens with zero attached hydrogens (tertiary/aromatic N) is 1. The molecule has 1 aliphatic rings. The molecule has 1 heterocycles. The molecular formula is C19H20N2O5S. The van der Waals surface area contributed by atoms with Crippen LogP contribution >= 0.6 is 0 Å². The van der Waals surface area contributed by atoms with Gasteiger partial charge in [-0.3, -0.25) is 13.9 Å². The summed E-state index contributed by atoms with van der Waals surface area (Å²) in [6.45, 7) is 1.72. The third-order valence-corrected chi connectivity index (χ3v) is 5.38. The maximum atomic E-state index is 12.6. The van der Waals surface area contributed by atoms with Crippen molar-refractivity contribution in [1.82, 2.24) is 0 Å². The predicted octanol–water partition coefficient (Wildman–Crippen LogP) is 2.58. The summed E-state index contributed by atoms with van der Waals surface area (Å²) in [5.41, 5.74) is 2.29. The molecule has 0 aliphatic carbocycles. The first-order valence-electron chi connectivity index (χ1n) is 8.45. The van der Waals surface area contributed by atoms with Crippen LogP contribution in [0.4, 0.5) is 11.4 Å². The second-order valence-electron chi connectivity index (χ2n) is 6.33. The SMILES string of the molecule is CC(=O)Oc1ccccc1C(=O)Nc1ccc2c(c1)CCCN2S(C)(=O)=O.